The fourth-order valence-corrected chi connectivity index (χ4v) is 4.09. The molecule has 166 valence electrons. The van der Waals surface area contributed by atoms with Gasteiger partial charge in [-0.15, -0.1) is 0 Å². The Labute approximate surface area is 189 Å². The van der Waals surface area contributed by atoms with Gasteiger partial charge < -0.3 is 9.88 Å². The predicted molar refractivity (Wildman–Crippen MR) is 129 cm³/mol. The number of aromatic amines is 1. The van der Waals surface area contributed by atoms with E-state index in [1.807, 2.05) is 33.8 Å². The summed E-state index contributed by atoms with van der Waals surface area (Å²) in [5.74, 6) is 0.823. The van der Waals surface area contributed by atoms with Crippen LogP contribution in [0.2, 0.25) is 0 Å². The number of nitrogens with zero attached hydrogens (tertiary/aromatic N) is 3. The molecule has 6 heteroatoms. The summed E-state index contributed by atoms with van der Waals surface area (Å²) in [6, 6.07) is 20.7. The molecule has 0 bridgehead atoms. The Hall–Kier alpha value is -3.54. The van der Waals surface area contributed by atoms with E-state index >= 15 is 0 Å². The van der Waals surface area contributed by atoms with Gasteiger partial charge in [-0.05, 0) is 30.4 Å². The third-order valence-electron chi connectivity index (χ3n) is 5.77. The van der Waals surface area contributed by atoms with Gasteiger partial charge in [-0.25, -0.2) is 9.78 Å². The Kier molecular flexibility index (Phi) is 7.23. The van der Waals surface area contributed by atoms with Crippen molar-refractivity contribution in [3.05, 3.63) is 107 Å². The minimum absolute atomic E-state index is 0.0461. The van der Waals surface area contributed by atoms with Gasteiger partial charge >= 0.3 is 5.69 Å². The lowest BCUT2D eigenvalue weighted by atomic mass is 9.98. The van der Waals surface area contributed by atoms with Gasteiger partial charge in [0.05, 0.1) is 18.1 Å². The van der Waals surface area contributed by atoms with Crippen molar-refractivity contribution in [2.75, 3.05) is 5.32 Å². The number of imidazole rings is 2. The third kappa shape index (κ3) is 5.19. The molecule has 0 saturated carbocycles. The first-order valence-corrected chi connectivity index (χ1v) is 11.4. The molecule has 0 aliphatic carbocycles. The van der Waals surface area contributed by atoms with E-state index in [4.69, 9.17) is 0 Å². The summed E-state index contributed by atoms with van der Waals surface area (Å²) < 4.78 is 3.95. The molecule has 0 spiro atoms. The zero-order valence-electron chi connectivity index (χ0n) is 18.6. The fraction of sp³-hybridized carbons (Fsp3) is 0.308. The van der Waals surface area contributed by atoms with E-state index < -0.39 is 0 Å². The summed E-state index contributed by atoms with van der Waals surface area (Å²) in [4.78, 5) is 20.1. The molecule has 2 aromatic carbocycles. The van der Waals surface area contributed by atoms with Crippen molar-refractivity contribution in [2.24, 2.45) is 0 Å². The number of unbranched alkanes of at least 4 members (excludes halogenated alkanes) is 1. The van der Waals surface area contributed by atoms with E-state index in [1.54, 1.807) is 6.20 Å². The average Bonchev–Trinajstić information content (AvgIpc) is 3.45. The summed E-state index contributed by atoms with van der Waals surface area (Å²) in [5, 5.41) is 3.66. The first-order chi connectivity index (χ1) is 15.8. The second-order valence-electron chi connectivity index (χ2n) is 8.06. The van der Waals surface area contributed by atoms with Crippen molar-refractivity contribution in [1.82, 2.24) is 19.1 Å². The minimum atomic E-state index is -0.0518. The number of rotatable bonds is 11. The summed E-state index contributed by atoms with van der Waals surface area (Å²) in [6.07, 6.45) is 9.39. The molecular formula is C26H31N5O. The number of H-pyrrole nitrogens is 1. The van der Waals surface area contributed by atoms with Crippen molar-refractivity contribution in [1.29, 1.82) is 0 Å². The number of anilines is 1. The maximum atomic E-state index is 12.9. The van der Waals surface area contributed by atoms with Gasteiger partial charge in [-0.2, -0.15) is 0 Å². The van der Waals surface area contributed by atoms with Crippen LogP contribution in [0.3, 0.4) is 0 Å². The highest BCUT2D eigenvalue weighted by atomic mass is 16.1. The van der Waals surface area contributed by atoms with Crippen LogP contribution in [0, 0.1) is 0 Å². The second-order valence-corrected chi connectivity index (χ2v) is 8.06. The summed E-state index contributed by atoms with van der Waals surface area (Å²) in [6.45, 7) is 3.69. The molecule has 0 atom stereocenters. The zero-order chi connectivity index (χ0) is 22.2. The van der Waals surface area contributed by atoms with E-state index in [0.717, 1.165) is 54.9 Å². The molecule has 4 aromatic rings. The molecule has 32 heavy (non-hydrogen) atoms. The highest BCUT2D eigenvalue weighted by Gasteiger charge is 2.19. The Morgan fingerprint density at radius 2 is 1.66 bits per heavy atom. The van der Waals surface area contributed by atoms with Crippen LogP contribution in [0.1, 0.15) is 49.0 Å². The zero-order valence-corrected chi connectivity index (χ0v) is 18.6. The van der Waals surface area contributed by atoms with Crippen LogP contribution in [0.15, 0.2) is 84.2 Å². The maximum Gasteiger partial charge on any atom is 0.327 e. The molecule has 4 rings (SSSR count). The summed E-state index contributed by atoms with van der Waals surface area (Å²) >= 11 is 0. The molecule has 0 aliphatic heterocycles. The van der Waals surface area contributed by atoms with Crippen molar-refractivity contribution in [3.8, 4) is 0 Å². The Morgan fingerprint density at radius 3 is 2.25 bits per heavy atom. The molecule has 0 saturated heterocycles. The van der Waals surface area contributed by atoms with Crippen LogP contribution in [0.4, 0.5) is 5.82 Å². The number of aryl methyl sites for hydroxylation is 1. The first-order valence-electron chi connectivity index (χ1n) is 11.4. The lowest BCUT2D eigenvalue weighted by Gasteiger charge is -2.21. The van der Waals surface area contributed by atoms with E-state index in [9.17, 15) is 4.79 Å². The highest BCUT2D eigenvalue weighted by Crippen LogP contribution is 2.27. The van der Waals surface area contributed by atoms with Crippen LogP contribution in [-0.2, 0) is 19.5 Å². The molecule has 2 N–H and O–H groups in total. The Bertz CT molecular complexity index is 1090. The molecule has 0 amide bonds. The fourth-order valence-electron chi connectivity index (χ4n) is 4.09. The van der Waals surface area contributed by atoms with Gasteiger partial charge in [0.1, 0.15) is 5.82 Å². The minimum Gasteiger partial charge on any atom is -0.359 e. The smallest absolute Gasteiger partial charge is 0.327 e. The van der Waals surface area contributed by atoms with Crippen molar-refractivity contribution in [3.63, 3.8) is 0 Å². The topological polar surface area (TPSA) is 67.6 Å². The van der Waals surface area contributed by atoms with E-state index in [0.29, 0.717) is 6.54 Å². The Balaban J connectivity index is 1.62. The van der Waals surface area contributed by atoms with Crippen LogP contribution >= 0.6 is 0 Å². The van der Waals surface area contributed by atoms with Gasteiger partial charge in [-0.1, -0.05) is 74.0 Å². The maximum absolute atomic E-state index is 12.9. The molecule has 2 aromatic heterocycles. The predicted octanol–water partition coefficient (Wildman–Crippen LogP) is 5.01. The Morgan fingerprint density at radius 1 is 0.969 bits per heavy atom. The monoisotopic (exact) mass is 429 g/mol. The van der Waals surface area contributed by atoms with Crippen LogP contribution in [-0.4, -0.2) is 19.1 Å². The number of nitrogens with one attached hydrogen (secondary N) is 2. The van der Waals surface area contributed by atoms with E-state index in [2.05, 4.69) is 70.7 Å². The van der Waals surface area contributed by atoms with Gasteiger partial charge in [0.2, 0.25) is 0 Å². The normalized spacial score (nSPS) is 11.2. The molecule has 0 radical (unpaired) electrons. The average molecular weight is 430 g/mol. The number of hydrogen-bond acceptors (Lipinski definition) is 3. The molecule has 2 heterocycles. The quantitative estimate of drug-likeness (QED) is 0.352. The van der Waals surface area contributed by atoms with Crippen LogP contribution in [0.5, 0.6) is 0 Å². The van der Waals surface area contributed by atoms with Crippen LogP contribution < -0.4 is 11.0 Å². The summed E-state index contributed by atoms with van der Waals surface area (Å²) in [7, 11) is 0. The van der Waals surface area contributed by atoms with E-state index in [1.165, 1.54) is 0 Å². The van der Waals surface area contributed by atoms with Crippen LogP contribution in [0.25, 0.3) is 0 Å². The van der Waals surface area contributed by atoms with E-state index in [-0.39, 0.29) is 11.7 Å². The van der Waals surface area contributed by atoms with Gasteiger partial charge in [0.25, 0.3) is 0 Å². The molecule has 0 fully saturated rings. The molecule has 0 unspecified atom stereocenters. The largest absolute Gasteiger partial charge is 0.359 e. The first kappa shape index (κ1) is 21.7. The van der Waals surface area contributed by atoms with Gasteiger partial charge in [0.15, 0.2) is 0 Å². The SMILES string of the molecule is CCCCc1c(NC(c2ccccc2)c2ccccc2)[nH]c(=O)n1CCCn1ccnc1. The number of hydrogen-bond donors (Lipinski definition) is 2. The molecular weight excluding hydrogens is 398 g/mol. The third-order valence-corrected chi connectivity index (χ3v) is 5.77. The second kappa shape index (κ2) is 10.7. The van der Waals surface area contributed by atoms with Crippen molar-refractivity contribution in [2.45, 2.75) is 51.7 Å². The van der Waals surface area contributed by atoms with Gasteiger partial charge in [-0.3, -0.25) is 9.55 Å². The highest BCUT2D eigenvalue weighted by molar-refractivity contribution is 5.48. The standard InChI is InChI=1S/C26H31N5O/c1-2-3-15-23-25(29-26(32)31(23)18-10-17-30-19-16-27-20-30)28-24(21-11-6-4-7-12-21)22-13-8-5-9-14-22/h4-9,11-14,16,19-20,24,28H,2-3,10,15,17-18H2,1H3,(H,29,32). The summed E-state index contributed by atoms with van der Waals surface area (Å²) in [5.41, 5.74) is 3.33. The van der Waals surface area contributed by atoms with Crippen molar-refractivity contribution < 1.29 is 0 Å². The molecule has 6 nitrogen and oxygen atoms in total. The number of aromatic nitrogens is 4. The number of benzene rings is 2. The van der Waals surface area contributed by atoms with Gasteiger partial charge in [0, 0.05) is 25.5 Å². The lowest BCUT2D eigenvalue weighted by molar-refractivity contribution is 0.537. The lowest BCUT2D eigenvalue weighted by Crippen LogP contribution is -2.20. The van der Waals surface area contributed by atoms with Crippen molar-refractivity contribution >= 4 is 5.82 Å². The molecule has 0 aliphatic rings.